The molecule has 0 radical (unpaired) electrons. The van der Waals surface area contributed by atoms with Crippen molar-refractivity contribution in [2.75, 3.05) is 7.11 Å². The van der Waals surface area contributed by atoms with E-state index in [4.69, 9.17) is 0 Å². The number of ether oxygens (including phenoxy) is 1. The third-order valence-corrected chi connectivity index (χ3v) is 7.49. The van der Waals surface area contributed by atoms with Crippen LogP contribution in [-0.2, 0) is 38.7 Å². The lowest BCUT2D eigenvalue weighted by Crippen LogP contribution is -2.31. The number of alkyl halides is 3. The zero-order chi connectivity index (χ0) is 25.2. The number of halogens is 3. The second-order valence-electron chi connectivity index (χ2n) is 8.26. The van der Waals surface area contributed by atoms with Crippen molar-refractivity contribution in [1.29, 1.82) is 0 Å². The van der Waals surface area contributed by atoms with Crippen LogP contribution in [0.1, 0.15) is 42.1 Å². The predicted octanol–water partition coefficient (Wildman–Crippen LogP) is 4.49. The number of nitrogens with zero attached hydrogens (tertiary/aromatic N) is 2. The standard InChI is InChI=1S/C24H24F3N3O4S/c1-34-23(31)12-13-30-22-7-3-6-21(20(22)15-28-30)29-35(32,33)19-10-8-16(9-11-19)17-4-2-5-18(14-17)24(25,26)27/h2,4-5,8-11,14-15,21,29H,3,6-7,12-13H2,1H3/t21-/m1/s1. The van der Waals surface area contributed by atoms with Crippen molar-refractivity contribution in [3.05, 3.63) is 71.5 Å². The van der Waals surface area contributed by atoms with Crippen LogP contribution >= 0.6 is 0 Å². The Kier molecular flexibility index (Phi) is 7.00. The largest absolute Gasteiger partial charge is 0.469 e. The van der Waals surface area contributed by atoms with Gasteiger partial charge in [0.25, 0.3) is 0 Å². The van der Waals surface area contributed by atoms with Crippen LogP contribution < -0.4 is 4.72 Å². The molecule has 4 rings (SSSR count). The Hall–Kier alpha value is -3.18. The second kappa shape index (κ2) is 9.82. The maximum Gasteiger partial charge on any atom is 0.416 e. The van der Waals surface area contributed by atoms with Crippen LogP contribution in [0, 0.1) is 0 Å². The molecule has 0 saturated heterocycles. The number of hydrogen-bond donors (Lipinski definition) is 1. The molecule has 0 unspecified atom stereocenters. The Bertz CT molecular complexity index is 1320. The van der Waals surface area contributed by atoms with E-state index in [1.165, 1.54) is 37.4 Å². The number of sulfonamides is 1. The molecule has 1 heterocycles. The lowest BCUT2D eigenvalue weighted by Gasteiger charge is -2.24. The zero-order valence-electron chi connectivity index (χ0n) is 18.9. The highest BCUT2D eigenvalue weighted by Gasteiger charge is 2.31. The van der Waals surface area contributed by atoms with Gasteiger partial charge in [0.1, 0.15) is 0 Å². The number of aryl methyl sites for hydroxylation is 1. The highest BCUT2D eigenvalue weighted by Crippen LogP contribution is 2.33. The van der Waals surface area contributed by atoms with Crippen LogP contribution in [-0.4, -0.2) is 31.3 Å². The van der Waals surface area contributed by atoms with Crippen LogP contribution in [0.25, 0.3) is 11.1 Å². The smallest absolute Gasteiger partial charge is 0.416 e. The minimum absolute atomic E-state index is 0.0124. The van der Waals surface area contributed by atoms with Gasteiger partial charge in [-0.25, -0.2) is 13.1 Å². The van der Waals surface area contributed by atoms with E-state index >= 15 is 0 Å². The molecule has 0 saturated carbocycles. The first-order chi connectivity index (χ1) is 16.6. The summed E-state index contributed by atoms with van der Waals surface area (Å²) in [5.74, 6) is -0.351. The van der Waals surface area contributed by atoms with E-state index in [1.807, 2.05) is 0 Å². The topological polar surface area (TPSA) is 90.3 Å². The molecule has 3 aromatic rings. The summed E-state index contributed by atoms with van der Waals surface area (Å²) in [5, 5.41) is 4.32. The number of nitrogens with one attached hydrogen (secondary N) is 1. The van der Waals surface area contributed by atoms with Gasteiger partial charge >= 0.3 is 12.1 Å². The molecule has 1 N–H and O–H groups in total. The summed E-state index contributed by atoms with van der Waals surface area (Å²) in [4.78, 5) is 11.5. The van der Waals surface area contributed by atoms with Gasteiger partial charge in [-0.15, -0.1) is 0 Å². The van der Waals surface area contributed by atoms with Crippen molar-refractivity contribution < 1.29 is 31.1 Å². The monoisotopic (exact) mass is 507 g/mol. The van der Waals surface area contributed by atoms with Crippen LogP contribution in [0.3, 0.4) is 0 Å². The van der Waals surface area contributed by atoms with Crippen LogP contribution in [0.5, 0.6) is 0 Å². The highest BCUT2D eigenvalue weighted by atomic mass is 32.2. The number of carbonyl (C=O) groups excluding carboxylic acids is 1. The number of fused-ring (bicyclic) bond motifs is 1. The SMILES string of the molecule is COC(=O)CCn1ncc2c1CCC[C@H]2NS(=O)(=O)c1ccc(-c2cccc(C(F)(F)F)c2)cc1. The van der Waals surface area contributed by atoms with E-state index in [2.05, 4.69) is 14.6 Å². The first-order valence-corrected chi connectivity index (χ1v) is 12.5. The quantitative estimate of drug-likeness (QED) is 0.476. The average molecular weight is 508 g/mol. The molecule has 1 atom stereocenters. The average Bonchev–Trinajstić information content (AvgIpc) is 3.26. The van der Waals surface area contributed by atoms with E-state index in [0.29, 0.717) is 24.1 Å². The minimum Gasteiger partial charge on any atom is -0.469 e. The molecule has 1 aromatic heterocycles. The fourth-order valence-corrected chi connectivity index (χ4v) is 5.44. The molecule has 0 aliphatic heterocycles. The summed E-state index contributed by atoms with van der Waals surface area (Å²) in [6, 6.07) is 10.1. The van der Waals surface area contributed by atoms with Gasteiger partial charge in [0, 0.05) is 11.3 Å². The Balaban J connectivity index is 1.51. The van der Waals surface area contributed by atoms with Gasteiger partial charge < -0.3 is 4.74 Å². The molecule has 1 aliphatic carbocycles. The van der Waals surface area contributed by atoms with Gasteiger partial charge in [0.05, 0.1) is 42.8 Å². The molecule has 11 heteroatoms. The van der Waals surface area contributed by atoms with Crippen LogP contribution in [0.4, 0.5) is 13.2 Å². The molecule has 0 amide bonds. The van der Waals surface area contributed by atoms with Crippen molar-refractivity contribution in [2.24, 2.45) is 0 Å². The van der Waals surface area contributed by atoms with Gasteiger partial charge in [-0.1, -0.05) is 24.3 Å². The Morgan fingerprint density at radius 2 is 1.91 bits per heavy atom. The Morgan fingerprint density at radius 1 is 1.17 bits per heavy atom. The third kappa shape index (κ3) is 5.57. The molecule has 1 aliphatic rings. The van der Waals surface area contributed by atoms with E-state index in [-0.39, 0.29) is 17.3 Å². The molecule has 35 heavy (non-hydrogen) atoms. The lowest BCUT2D eigenvalue weighted by atomic mass is 9.94. The van der Waals surface area contributed by atoms with E-state index in [9.17, 15) is 26.4 Å². The van der Waals surface area contributed by atoms with Gasteiger partial charge in [0.2, 0.25) is 10.0 Å². The highest BCUT2D eigenvalue weighted by molar-refractivity contribution is 7.89. The molecule has 0 spiro atoms. The number of aromatic nitrogens is 2. The number of carbonyl (C=O) groups is 1. The van der Waals surface area contributed by atoms with Gasteiger partial charge in [0.15, 0.2) is 0 Å². The first-order valence-electron chi connectivity index (χ1n) is 11.0. The van der Waals surface area contributed by atoms with Crippen LogP contribution in [0.15, 0.2) is 59.6 Å². The van der Waals surface area contributed by atoms with Crippen molar-refractivity contribution in [2.45, 2.75) is 49.3 Å². The summed E-state index contributed by atoms with van der Waals surface area (Å²) < 4.78 is 74.2. The first kappa shape index (κ1) is 24.9. The second-order valence-corrected chi connectivity index (χ2v) is 9.98. The van der Waals surface area contributed by atoms with Crippen molar-refractivity contribution in [3.8, 4) is 11.1 Å². The third-order valence-electron chi connectivity index (χ3n) is 6.00. The van der Waals surface area contributed by atoms with E-state index in [0.717, 1.165) is 36.2 Å². The molecule has 0 fully saturated rings. The summed E-state index contributed by atoms with van der Waals surface area (Å²) in [5.41, 5.74) is 1.70. The maximum absolute atomic E-state index is 13.1. The summed E-state index contributed by atoms with van der Waals surface area (Å²) >= 11 is 0. The number of methoxy groups -OCH3 is 1. The summed E-state index contributed by atoms with van der Waals surface area (Å²) in [6.45, 7) is 0.346. The Morgan fingerprint density at radius 3 is 2.60 bits per heavy atom. The Labute approximate surface area is 201 Å². The zero-order valence-corrected chi connectivity index (χ0v) is 19.7. The minimum atomic E-state index is -4.46. The van der Waals surface area contributed by atoms with E-state index in [1.54, 1.807) is 16.9 Å². The summed E-state index contributed by atoms with van der Waals surface area (Å²) in [7, 11) is -2.58. The molecule has 2 aromatic carbocycles. The van der Waals surface area contributed by atoms with Crippen molar-refractivity contribution in [1.82, 2.24) is 14.5 Å². The lowest BCUT2D eigenvalue weighted by molar-refractivity contribution is -0.141. The van der Waals surface area contributed by atoms with Crippen LogP contribution in [0.2, 0.25) is 0 Å². The van der Waals surface area contributed by atoms with Crippen molar-refractivity contribution in [3.63, 3.8) is 0 Å². The molecular formula is C24H24F3N3O4S. The van der Waals surface area contributed by atoms with Gasteiger partial charge in [-0.05, 0) is 54.7 Å². The molecule has 0 bridgehead atoms. The number of rotatable bonds is 7. The maximum atomic E-state index is 13.1. The van der Waals surface area contributed by atoms with E-state index < -0.39 is 27.8 Å². The number of benzene rings is 2. The fourth-order valence-electron chi connectivity index (χ4n) is 4.19. The molecule has 186 valence electrons. The molecule has 7 nitrogen and oxygen atoms in total. The summed E-state index contributed by atoms with van der Waals surface area (Å²) in [6.07, 6.45) is -0.611. The number of esters is 1. The fraction of sp³-hybridized carbons (Fsp3) is 0.333. The molecular weight excluding hydrogens is 483 g/mol. The normalized spacial score (nSPS) is 16.1. The van der Waals surface area contributed by atoms with Crippen molar-refractivity contribution >= 4 is 16.0 Å². The van der Waals surface area contributed by atoms with Gasteiger partial charge in [-0.3, -0.25) is 9.48 Å². The number of hydrogen-bond acceptors (Lipinski definition) is 5. The van der Waals surface area contributed by atoms with Gasteiger partial charge in [-0.2, -0.15) is 18.3 Å². The predicted molar refractivity (Wildman–Crippen MR) is 122 cm³/mol.